The van der Waals surface area contributed by atoms with E-state index in [2.05, 4.69) is 0 Å². The van der Waals surface area contributed by atoms with E-state index >= 15 is 0 Å². The number of aromatic nitrogens is 3. The molecule has 0 bridgehead atoms. The lowest BCUT2D eigenvalue weighted by Crippen LogP contribution is -2.35. The van der Waals surface area contributed by atoms with Crippen LogP contribution in [0, 0.1) is 0 Å². The highest BCUT2D eigenvalue weighted by molar-refractivity contribution is 6.04. The minimum Gasteiger partial charge on any atom is -0.295 e. The zero-order valence-electron chi connectivity index (χ0n) is 29.8. The van der Waals surface area contributed by atoms with Crippen molar-refractivity contribution in [2.75, 3.05) is 14.7 Å². The molecule has 1 aromatic heterocycles. The van der Waals surface area contributed by atoms with E-state index in [9.17, 15) is 28.8 Å². The molecule has 0 spiro atoms. The van der Waals surface area contributed by atoms with Crippen LogP contribution in [0.15, 0.2) is 67.6 Å². The molecule has 0 saturated carbocycles. The monoisotopic (exact) mass is 654 g/mol. The van der Waals surface area contributed by atoms with Crippen LogP contribution in [-0.4, -0.2) is 49.7 Å². The second kappa shape index (κ2) is 13.2. The van der Waals surface area contributed by atoms with Crippen LogP contribution in [0.2, 0.25) is 0 Å². The Labute approximate surface area is 280 Å². The van der Waals surface area contributed by atoms with Crippen molar-refractivity contribution in [3.63, 3.8) is 0 Å². The molecule has 4 rings (SSSR count). The molecule has 12 heteroatoms. The molecule has 48 heavy (non-hydrogen) atoms. The Morgan fingerprint density at radius 2 is 0.500 bits per heavy atom. The predicted octanol–water partition coefficient (Wildman–Crippen LogP) is 5.68. The highest BCUT2D eigenvalue weighted by Gasteiger charge is 2.36. The molecule has 12 nitrogen and oxygen atoms in total. The smallest absolute Gasteiger partial charge is 0.240 e. The number of allylic oxidation sites excluding steroid dienone is 12. The Kier molecular flexibility index (Phi) is 9.80. The normalized spacial score (nSPS) is 17.6. The van der Waals surface area contributed by atoms with Gasteiger partial charge in [-0.3, -0.25) is 43.5 Å². The first-order valence-electron chi connectivity index (χ1n) is 15.7. The molecule has 0 N–H and O–H groups in total. The fourth-order valence-electron chi connectivity index (χ4n) is 6.68. The van der Waals surface area contributed by atoms with Gasteiger partial charge >= 0.3 is 0 Å². The van der Waals surface area contributed by atoms with Crippen LogP contribution in [0.25, 0.3) is 0 Å². The first-order valence-corrected chi connectivity index (χ1v) is 15.7. The van der Waals surface area contributed by atoms with E-state index < -0.39 is 0 Å². The Hall–Kier alpha value is -5.13. The van der Waals surface area contributed by atoms with Gasteiger partial charge in [0.15, 0.2) is 34.7 Å². The number of nitrogens with zero attached hydrogens (tertiary/aromatic N) is 6. The number of hydrogen-bond acceptors (Lipinski definition) is 12. The summed E-state index contributed by atoms with van der Waals surface area (Å²) in [5.41, 5.74) is 5.62. The molecule has 1 aromatic rings. The van der Waals surface area contributed by atoms with Crippen molar-refractivity contribution in [3.05, 3.63) is 67.6 Å². The zero-order chi connectivity index (χ0) is 36.1. The first-order chi connectivity index (χ1) is 22.3. The molecule has 0 fully saturated rings. The summed E-state index contributed by atoms with van der Waals surface area (Å²) in [5.74, 6) is -1.11. The van der Waals surface area contributed by atoms with Gasteiger partial charge < -0.3 is 0 Å². The van der Waals surface area contributed by atoms with Gasteiger partial charge in [-0.1, -0.05) is 0 Å². The molecule has 3 aliphatic heterocycles. The predicted molar refractivity (Wildman–Crippen MR) is 181 cm³/mol. The summed E-state index contributed by atoms with van der Waals surface area (Å²) in [6.45, 7) is 19.1. The van der Waals surface area contributed by atoms with Crippen molar-refractivity contribution >= 4 is 52.5 Å². The van der Waals surface area contributed by atoms with Crippen LogP contribution in [0.3, 0.4) is 0 Å². The van der Waals surface area contributed by atoms with Crippen LogP contribution < -0.4 is 14.7 Å². The second-order valence-electron chi connectivity index (χ2n) is 12.5. The Morgan fingerprint density at radius 3 is 0.625 bits per heavy atom. The highest BCUT2D eigenvalue weighted by Crippen LogP contribution is 2.40. The molecular formula is C36H42N6O6. The number of ketones is 6. The average Bonchev–Trinajstić information content (AvgIpc) is 2.96. The molecule has 4 heterocycles. The van der Waals surface area contributed by atoms with Crippen LogP contribution >= 0.6 is 0 Å². The minimum absolute atomic E-state index is 0.0575. The molecule has 0 saturated heterocycles. The molecular weight excluding hydrogens is 612 g/mol. The number of anilines is 3. The zero-order valence-corrected chi connectivity index (χ0v) is 29.8. The van der Waals surface area contributed by atoms with E-state index in [1.165, 1.54) is 41.5 Å². The van der Waals surface area contributed by atoms with E-state index in [0.717, 1.165) is 0 Å². The van der Waals surface area contributed by atoms with Gasteiger partial charge in [-0.05, 0) is 83.1 Å². The summed E-state index contributed by atoms with van der Waals surface area (Å²) in [4.78, 5) is 96.4. The van der Waals surface area contributed by atoms with Crippen LogP contribution in [0.1, 0.15) is 102 Å². The lowest BCUT2D eigenvalue weighted by atomic mass is 9.92. The van der Waals surface area contributed by atoms with Crippen molar-refractivity contribution < 1.29 is 28.8 Å². The van der Waals surface area contributed by atoms with Crippen molar-refractivity contribution in [1.29, 1.82) is 0 Å². The number of Topliss-reactive ketones (excluding diaryl/α,β-unsaturated/α-hetero) is 6. The fraction of sp³-hybridized carbons (Fsp3) is 0.417. The summed E-state index contributed by atoms with van der Waals surface area (Å²) in [6, 6.07) is 0. The van der Waals surface area contributed by atoms with Crippen molar-refractivity contribution in [1.82, 2.24) is 15.0 Å². The largest absolute Gasteiger partial charge is 0.295 e. The third-order valence-corrected chi connectivity index (χ3v) is 9.44. The molecule has 252 valence electrons. The van der Waals surface area contributed by atoms with Crippen LogP contribution in [0.5, 0.6) is 0 Å². The van der Waals surface area contributed by atoms with Gasteiger partial charge in [-0.25, -0.2) is 0 Å². The third-order valence-electron chi connectivity index (χ3n) is 9.44. The van der Waals surface area contributed by atoms with E-state index in [1.807, 2.05) is 0 Å². The number of carbonyl (C=O) groups excluding carboxylic acids is 6. The molecule has 0 radical (unpaired) electrons. The standard InChI is InChI=1S/C36H42N6O6/c1-16-28(22(7)43)13-29(23(8)44)17(2)40(16)34-37-35(41-18(3)30(24(9)45)14-31(19(41)4)25(10)46)39-36(38-34)42-20(5)32(26(11)47)15-33(21(42)6)27(12)48/h13-15H2,1-12H3. The number of hydrogen-bond donors (Lipinski definition) is 0. The summed E-state index contributed by atoms with van der Waals surface area (Å²) in [5, 5.41) is 0. The quantitative estimate of drug-likeness (QED) is 0.322. The maximum absolute atomic E-state index is 12.8. The topological polar surface area (TPSA) is 151 Å². The molecule has 0 amide bonds. The fourth-order valence-corrected chi connectivity index (χ4v) is 6.68. The van der Waals surface area contributed by atoms with Gasteiger partial charge in [-0.15, -0.1) is 0 Å². The van der Waals surface area contributed by atoms with Crippen LogP contribution in [-0.2, 0) is 28.8 Å². The highest BCUT2D eigenvalue weighted by atomic mass is 16.1. The van der Waals surface area contributed by atoms with E-state index in [4.69, 9.17) is 15.0 Å². The molecule has 0 aromatic carbocycles. The van der Waals surface area contributed by atoms with Crippen molar-refractivity contribution in [2.24, 2.45) is 0 Å². The average molecular weight is 655 g/mol. The maximum Gasteiger partial charge on any atom is 0.240 e. The summed E-state index contributed by atoms with van der Waals surface area (Å²) in [6.07, 6.45) is 0.468. The number of carbonyl (C=O) groups is 6. The summed E-state index contributed by atoms with van der Waals surface area (Å²) >= 11 is 0. The van der Waals surface area contributed by atoms with E-state index in [0.29, 0.717) is 67.6 Å². The maximum atomic E-state index is 12.8. The first kappa shape index (κ1) is 35.7. The molecule has 0 atom stereocenters. The van der Waals surface area contributed by atoms with Gasteiger partial charge in [-0.2, -0.15) is 15.0 Å². The van der Waals surface area contributed by atoms with Gasteiger partial charge in [0.2, 0.25) is 17.8 Å². The minimum atomic E-state index is -0.213. The van der Waals surface area contributed by atoms with Crippen molar-refractivity contribution in [3.8, 4) is 0 Å². The summed E-state index contributed by atoms with van der Waals surface area (Å²) in [7, 11) is 0. The van der Waals surface area contributed by atoms with E-state index in [-0.39, 0.29) is 71.8 Å². The SMILES string of the molecule is CC(=O)C1=C(C)N(c2nc(N3C(C)=C(C(C)=O)CC(C(C)=O)=C3C)nc(N3C(C)=C(C(C)=O)CC(C(C)=O)=C3C)n2)C(C)=C(C(C)=O)C1. The summed E-state index contributed by atoms with van der Waals surface area (Å²) < 4.78 is 0. The Bertz CT molecular complexity index is 1600. The van der Waals surface area contributed by atoms with Crippen molar-refractivity contribution in [2.45, 2.75) is 102 Å². The Balaban J connectivity index is 2.18. The van der Waals surface area contributed by atoms with Gasteiger partial charge in [0.25, 0.3) is 0 Å². The van der Waals surface area contributed by atoms with Crippen LogP contribution in [0.4, 0.5) is 17.8 Å². The Morgan fingerprint density at radius 1 is 0.354 bits per heavy atom. The van der Waals surface area contributed by atoms with E-state index in [1.54, 1.807) is 56.2 Å². The third kappa shape index (κ3) is 6.14. The lowest BCUT2D eigenvalue weighted by Gasteiger charge is -2.36. The van der Waals surface area contributed by atoms with Gasteiger partial charge in [0.05, 0.1) is 0 Å². The number of rotatable bonds is 9. The lowest BCUT2D eigenvalue weighted by molar-refractivity contribution is -0.115. The second-order valence-corrected chi connectivity index (χ2v) is 12.5. The van der Waals surface area contributed by atoms with Gasteiger partial charge in [0.1, 0.15) is 0 Å². The molecule has 0 aliphatic carbocycles. The molecule has 0 unspecified atom stereocenters. The van der Waals surface area contributed by atoms with Gasteiger partial charge in [0, 0.05) is 86.9 Å². The molecule has 3 aliphatic rings.